The summed E-state index contributed by atoms with van der Waals surface area (Å²) in [6, 6.07) is 0. The van der Waals surface area contributed by atoms with E-state index in [0.29, 0.717) is 18.9 Å². The fourth-order valence-electron chi connectivity index (χ4n) is 2.30. The van der Waals surface area contributed by atoms with Crippen LogP contribution in [0.25, 0.3) is 0 Å². The molecule has 0 bridgehead atoms. The summed E-state index contributed by atoms with van der Waals surface area (Å²) >= 11 is 0. The molecule has 3 N–H and O–H groups in total. The lowest BCUT2D eigenvalue weighted by Gasteiger charge is -2.37. The van der Waals surface area contributed by atoms with Crippen molar-refractivity contribution in [2.24, 2.45) is 17.1 Å². The monoisotopic (exact) mass is 242 g/mol. The maximum atomic E-state index is 11.5. The molecule has 0 aromatic rings. The Balaban J connectivity index is 2.29. The van der Waals surface area contributed by atoms with E-state index >= 15 is 0 Å². The van der Waals surface area contributed by atoms with Crippen molar-refractivity contribution in [2.75, 3.05) is 26.3 Å². The van der Waals surface area contributed by atoms with Gasteiger partial charge in [0, 0.05) is 26.2 Å². The van der Waals surface area contributed by atoms with Crippen LogP contribution >= 0.6 is 0 Å². The van der Waals surface area contributed by atoms with Crippen LogP contribution in [-0.4, -0.2) is 32.2 Å². The molecule has 0 saturated carbocycles. The Hall–Kier alpha value is -0.610. The number of hydrogen-bond acceptors (Lipinski definition) is 3. The maximum Gasteiger partial charge on any atom is 0.220 e. The van der Waals surface area contributed by atoms with Gasteiger partial charge in [-0.1, -0.05) is 13.8 Å². The molecule has 0 atom stereocenters. The Morgan fingerprint density at radius 1 is 1.41 bits per heavy atom. The number of hydrogen-bond donors (Lipinski definition) is 2. The van der Waals surface area contributed by atoms with Gasteiger partial charge < -0.3 is 15.8 Å². The van der Waals surface area contributed by atoms with Gasteiger partial charge in [0.2, 0.25) is 5.91 Å². The van der Waals surface area contributed by atoms with Crippen molar-refractivity contribution in [3.05, 3.63) is 0 Å². The van der Waals surface area contributed by atoms with Crippen molar-refractivity contribution in [1.29, 1.82) is 0 Å². The van der Waals surface area contributed by atoms with Crippen LogP contribution in [0.2, 0.25) is 0 Å². The zero-order valence-electron chi connectivity index (χ0n) is 11.1. The second kappa shape index (κ2) is 6.97. The van der Waals surface area contributed by atoms with E-state index in [4.69, 9.17) is 10.5 Å². The van der Waals surface area contributed by atoms with E-state index in [1.165, 1.54) is 0 Å². The highest BCUT2D eigenvalue weighted by Crippen LogP contribution is 2.33. The largest absolute Gasteiger partial charge is 0.381 e. The van der Waals surface area contributed by atoms with Crippen LogP contribution in [0.3, 0.4) is 0 Å². The number of carbonyl (C=O) groups excluding carboxylic acids is 1. The van der Waals surface area contributed by atoms with Crippen molar-refractivity contribution in [1.82, 2.24) is 5.32 Å². The first-order chi connectivity index (χ1) is 8.06. The average molecular weight is 242 g/mol. The third-order valence-electron chi connectivity index (χ3n) is 3.68. The second-order valence-electron chi connectivity index (χ2n) is 5.54. The smallest absolute Gasteiger partial charge is 0.220 e. The molecule has 1 rings (SSSR count). The number of carbonyl (C=O) groups is 1. The number of ether oxygens (including phenoxy) is 1. The molecule has 1 heterocycles. The van der Waals surface area contributed by atoms with Crippen molar-refractivity contribution in [3.63, 3.8) is 0 Å². The highest BCUT2D eigenvalue weighted by atomic mass is 16.5. The van der Waals surface area contributed by atoms with Crippen molar-refractivity contribution < 1.29 is 9.53 Å². The highest BCUT2D eigenvalue weighted by Gasteiger charge is 2.31. The van der Waals surface area contributed by atoms with E-state index in [2.05, 4.69) is 19.2 Å². The van der Waals surface area contributed by atoms with Gasteiger partial charge in [0.15, 0.2) is 0 Å². The molecule has 0 aromatic heterocycles. The standard InChI is InChI=1S/C13H26N2O2/c1-13(2,11-5-8-17-9-6-11)10-15-12(16)4-3-7-14/h11H,3-10,14H2,1-2H3,(H,15,16). The summed E-state index contributed by atoms with van der Waals surface area (Å²) < 4.78 is 5.37. The van der Waals surface area contributed by atoms with Crippen LogP contribution in [0.15, 0.2) is 0 Å². The number of amides is 1. The fourth-order valence-corrected chi connectivity index (χ4v) is 2.30. The predicted molar refractivity (Wildman–Crippen MR) is 68.6 cm³/mol. The third kappa shape index (κ3) is 5.04. The first-order valence-electron chi connectivity index (χ1n) is 6.61. The lowest BCUT2D eigenvalue weighted by molar-refractivity contribution is -0.121. The fraction of sp³-hybridized carbons (Fsp3) is 0.923. The molecule has 100 valence electrons. The Morgan fingerprint density at radius 2 is 2.06 bits per heavy atom. The van der Waals surface area contributed by atoms with Crippen LogP contribution in [0.1, 0.15) is 39.5 Å². The van der Waals surface area contributed by atoms with Gasteiger partial charge >= 0.3 is 0 Å². The molecule has 4 heteroatoms. The van der Waals surface area contributed by atoms with E-state index in [-0.39, 0.29) is 11.3 Å². The number of nitrogens with two attached hydrogens (primary N) is 1. The lowest BCUT2D eigenvalue weighted by Crippen LogP contribution is -2.40. The van der Waals surface area contributed by atoms with E-state index in [1.54, 1.807) is 0 Å². The van der Waals surface area contributed by atoms with Crippen molar-refractivity contribution in [2.45, 2.75) is 39.5 Å². The summed E-state index contributed by atoms with van der Waals surface area (Å²) in [5.41, 5.74) is 5.54. The summed E-state index contributed by atoms with van der Waals surface area (Å²) in [7, 11) is 0. The van der Waals surface area contributed by atoms with Crippen molar-refractivity contribution in [3.8, 4) is 0 Å². The van der Waals surface area contributed by atoms with Gasteiger partial charge in [0.1, 0.15) is 0 Å². The zero-order chi connectivity index (χ0) is 12.7. The molecule has 1 fully saturated rings. The Bertz CT molecular complexity index is 236. The summed E-state index contributed by atoms with van der Waals surface area (Å²) in [5, 5.41) is 3.02. The summed E-state index contributed by atoms with van der Waals surface area (Å²) in [6.07, 6.45) is 3.52. The van der Waals surface area contributed by atoms with Gasteiger partial charge in [-0.2, -0.15) is 0 Å². The van der Waals surface area contributed by atoms with Gasteiger partial charge in [-0.3, -0.25) is 4.79 Å². The van der Waals surface area contributed by atoms with E-state index in [1.807, 2.05) is 0 Å². The molecule has 1 saturated heterocycles. The van der Waals surface area contributed by atoms with Crippen molar-refractivity contribution >= 4 is 5.91 Å². The second-order valence-corrected chi connectivity index (χ2v) is 5.54. The molecular weight excluding hydrogens is 216 g/mol. The normalized spacial score (nSPS) is 18.1. The Kier molecular flexibility index (Phi) is 5.92. The number of rotatable bonds is 6. The van der Waals surface area contributed by atoms with Crippen LogP contribution in [-0.2, 0) is 9.53 Å². The maximum absolute atomic E-state index is 11.5. The molecule has 0 aliphatic carbocycles. The third-order valence-corrected chi connectivity index (χ3v) is 3.68. The minimum absolute atomic E-state index is 0.121. The van der Waals surface area contributed by atoms with Crippen LogP contribution in [0, 0.1) is 11.3 Å². The van der Waals surface area contributed by atoms with E-state index < -0.39 is 0 Å². The van der Waals surface area contributed by atoms with Gasteiger partial charge in [-0.25, -0.2) is 0 Å². The molecule has 1 aliphatic heterocycles. The molecule has 0 unspecified atom stereocenters. The summed E-state index contributed by atoms with van der Waals surface area (Å²) in [4.78, 5) is 11.5. The Morgan fingerprint density at radius 3 is 2.65 bits per heavy atom. The number of nitrogens with one attached hydrogen (secondary N) is 1. The molecule has 17 heavy (non-hydrogen) atoms. The van der Waals surface area contributed by atoms with Gasteiger partial charge in [0.05, 0.1) is 0 Å². The van der Waals surface area contributed by atoms with Crippen LogP contribution in [0.4, 0.5) is 0 Å². The van der Waals surface area contributed by atoms with Gasteiger partial charge in [0.25, 0.3) is 0 Å². The first kappa shape index (κ1) is 14.5. The zero-order valence-corrected chi connectivity index (χ0v) is 11.1. The quantitative estimate of drug-likeness (QED) is 0.738. The van der Waals surface area contributed by atoms with Gasteiger partial charge in [-0.15, -0.1) is 0 Å². The topological polar surface area (TPSA) is 64.4 Å². The summed E-state index contributed by atoms with van der Waals surface area (Å²) in [6.45, 7) is 7.50. The predicted octanol–water partition coefficient (Wildman–Crippen LogP) is 1.29. The first-order valence-corrected chi connectivity index (χ1v) is 6.61. The molecule has 1 aliphatic rings. The molecule has 4 nitrogen and oxygen atoms in total. The molecule has 0 spiro atoms. The average Bonchev–Trinajstić information content (AvgIpc) is 2.35. The molecule has 1 amide bonds. The molecule has 0 radical (unpaired) electrons. The van der Waals surface area contributed by atoms with E-state index in [9.17, 15) is 4.79 Å². The molecular formula is C13H26N2O2. The van der Waals surface area contributed by atoms with Crippen LogP contribution < -0.4 is 11.1 Å². The minimum Gasteiger partial charge on any atom is -0.381 e. The van der Waals surface area contributed by atoms with Gasteiger partial charge in [-0.05, 0) is 37.1 Å². The highest BCUT2D eigenvalue weighted by molar-refractivity contribution is 5.75. The van der Waals surface area contributed by atoms with E-state index in [0.717, 1.165) is 39.0 Å². The SMILES string of the molecule is CC(C)(CNC(=O)CCCN)C1CCOCC1. The van der Waals surface area contributed by atoms with Crippen LogP contribution in [0.5, 0.6) is 0 Å². The summed E-state index contributed by atoms with van der Waals surface area (Å²) in [5.74, 6) is 0.765. The molecule has 0 aromatic carbocycles. The Labute approximate surface area is 104 Å². The lowest BCUT2D eigenvalue weighted by atomic mass is 9.74. The minimum atomic E-state index is 0.121.